The Morgan fingerprint density at radius 2 is 1.34 bits per heavy atom. The molecular weight excluding hydrogens is 702 g/mol. The molecule has 1 saturated carbocycles. The number of hydrogen-bond donors (Lipinski definition) is 0. The summed E-state index contributed by atoms with van der Waals surface area (Å²) in [5.74, 6) is -4.36. The van der Waals surface area contributed by atoms with Crippen molar-refractivity contribution in [3.8, 4) is 5.75 Å². The molecule has 11 nitrogen and oxygen atoms in total. The number of carbonyl (C=O) groups excluding carboxylic acids is 5. The van der Waals surface area contributed by atoms with Gasteiger partial charge in [-0.05, 0) is 68.3 Å². The number of aryl methyl sites for hydroxylation is 1. The number of nitrogens with zero attached hydrogens (tertiary/aromatic N) is 3. The number of amides is 3. The van der Waals surface area contributed by atoms with Gasteiger partial charge in [0.2, 0.25) is 0 Å². The maximum atomic E-state index is 13.7. The zero-order valence-electron chi connectivity index (χ0n) is 23.2. The first-order valence-electron chi connectivity index (χ1n) is 13.6. The van der Waals surface area contributed by atoms with Crippen molar-refractivity contribution in [2.24, 2.45) is 11.8 Å². The zero-order valence-corrected chi connectivity index (χ0v) is 26.4. The van der Waals surface area contributed by atoms with E-state index in [2.05, 4.69) is 31.9 Å². The molecule has 1 heterocycles. The summed E-state index contributed by atoms with van der Waals surface area (Å²) in [5.41, 5.74) is 1.18. The quantitative estimate of drug-likeness (QED) is 0.0580. The number of hydrogen-bond acceptors (Lipinski definition) is 8. The summed E-state index contributed by atoms with van der Waals surface area (Å²) in [6.07, 6.45) is 0.718. The summed E-state index contributed by atoms with van der Waals surface area (Å²) >= 11 is 7.07. The number of non-ortho nitro benzene ring substituents is 1. The van der Waals surface area contributed by atoms with Gasteiger partial charge in [0.05, 0.1) is 22.3 Å². The topological polar surface area (TPSA) is 144 Å². The molecule has 0 N–H and O–H groups in total. The van der Waals surface area contributed by atoms with Crippen LogP contribution < -0.4 is 4.74 Å². The molecule has 0 bridgehead atoms. The van der Waals surface area contributed by atoms with E-state index in [9.17, 15) is 34.1 Å². The summed E-state index contributed by atoms with van der Waals surface area (Å²) < 4.78 is 5.39. The second-order valence-corrected chi connectivity index (χ2v) is 12.9. The zero-order chi connectivity index (χ0) is 31.7. The van der Waals surface area contributed by atoms with E-state index in [1.54, 1.807) is 24.3 Å². The van der Waals surface area contributed by atoms with E-state index >= 15 is 0 Å². The van der Waals surface area contributed by atoms with Gasteiger partial charge >= 0.3 is 5.97 Å². The van der Waals surface area contributed by atoms with Crippen LogP contribution in [-0.4, -0.2) is 60.6 Å². The number of nitro benzene ring substituents is 1. The first kappa shape index (κ1) is 31.2. The average molecular weight is 727 g/mol. The second kappa shape index (κ2) is 12.8. The van der Waals surface area contributed by atoms with Crippen LogP contribution in [0.3, 0.4) is 0 Å². The predicted molar refractivity (Wildman–Crippen MR) is 165 cm³/mol. The smallest absolute Gasteiger partial charge is 0.343 e. The molecule has 2 fully saturated rings. The fraction of sp³-hybridized carbons (Fsp3) is 0.258. The standard InChI is InChI=1S/C31H25Br2N3O8/c1-17-2-4-20(5-3-17)31(41)44-22-12-8-18(9-13-22)27(37)16-34(28(38)19-6-10-21(11-7-19)36(42)43)35-29(39)23-14-25(32)26(33)15-24(23)30(35)40/h2-13,23-26H,14-16H2,1H3/t23-,24-,25-,26+/m1/s1. The number of esters is 1. The molecule has 3 aromatic rings. The van der Waals surface area contributed by atoms with Gasteiger partial charge in [-0.15, -0.1) is 0 Å². The van der Waals surface area contributed by atoms with Crippen LogP contribution in [0.15, 0.2) is 72.8 Å². The number of Topliss-reactive ketones (excluding diaryl/α,β-unsaturated/α-hetero) is 1. The van der Waals surface area contributed by atoms with Crippen molar-refractivity contribution in [1.29, 1.82) is 0 Å². The van der Waals surface area contributed by atoms with E-state index in [0.717, 1.165) is 27.7 Å². The number of ether oxygens (including phenoxy) is 1. The molecule has 1 saturated heterocycles. The molecule has 13 heteroatoms. The van der Waals surface area contributed by atoms with Gasteiger partial charge in [0.25, 0.3) is 23.4 Å². The van der Waals surface area contributed by atoms with Crippen LogP contribution in [0.2, 0.25) is 0 Å². The lowest BCUT2D eigenvalue weighted by Crippen LogP contribution is -2.52. The van der Waals surface area contributed by atoms with Gasteiger partial charge in [0, 0.05) is 32.9 Å². The Bertz CT molecular complexity index is 1620. The van der Waals surface area contributed by atoms with Crippen LogP contribution >= 0.6 is 31.9 Å². The Balaban J connectivity index is 1.39. The van der Waals surface area contributed by atoms with Crippen LogP contribution in [0.5, 0.6) is 5.75 Å². The van der Waals surface area contributed by atoms with Crippen molar-refractivity contribution in [3.63, 3.8) is 0 Å². The third kappa shape index (κ3) is 6.34. The first-order chi connectivity index (χ1) is 20.9. The number of rotatable bonds is 8. The minimum absolute atomic E-state index is 0.0472. The highest BCUT2D eigenvalue weighted by Crippen LogP contribution is 2.43. The van der Waals surface area contributed by atoms with Gasteiger partial charge < -0.3 is 4.74 Å². The lowest BCUT2D eigenvalue weighted by molar-refractivity contribution is -0.384. The molecule has 0 radical (unpaired) electrons. The van der Waals surface area contributed by atoms with E-state index in [0.29, 0.717) is 18.4 Å². The molecule has 226 valence electrons. The lowest BCUT2D eigenvalue weighted by Gasteiger charge is -2.30. The van der Waals surface area contributed by atoms with Crippen molar-refractivity contribution in [1.82, 2.24) is 10.0 Å². The van der Waals surface area contributed by atoms with Gasteiger partial charge in [0.15, 0.2) is 5.78 Å². The highest BCUT2D eigenvalue weighted by atomic mass is 79.9. The normalized spacial score (nSPS) is 21.0. The Morgan fingerprint density at radius 1 is 0.841 bits per heavy atom. The fourth-order valence-corrected chi connectivity index (χ4v) is 6.45. The monoisotopic (exact) mass is 725 g/mol. The van der Waals surface area contributed by atoms with Crippen molar-refractivity contribution >= 4 is 67.0 Å². The number of halogens is 2. The van der Waals surface area contributed by atoms with Gasteiger partial charge in [0.1, 0.15) is 12.3 Å². The SMILES string of the molecule is Cc1ccc(C(=O)Oc2ccc(C(=O)CN(C(=O)c3ccc([N+](=O)[O-])cc3)N3C(=O)[C@@H]4C[C@@H](Br)[C@@H](Br)C[C@H]4C3=O)cc2)cc1. The molecule has 0 unspecified atom stereocenters. The number of alkyl halides is 2. The molecule has 1 aliphatic carbocycles. The number of ketones is 1. The molecule has 5 rings (SSSR count). The van der Waals surface area contributed by atoms with E-state index in [4.69, 9.17) is 4.74 Å². The van der Waals surface area contributed by atoms with Gasteiger partial charge in [-0.2, -0.15) is 5.01 Å². The summed E-state index contributed by atoms with van der Waals surface area (Å²) in [7, 11) is 0. The van der Waals surface area contributed by atoms with E-state index in [1.807, 2.05) is 6.92 Å². The van der Waals surface area contributed by atoms with Gasteiger partial charge in [-0.25, -0.2) is 9.80 Å². The molecular formula is C31H25Br2N3O8. The van der Waals surface area contributed by atoms with Crippen molar-refractivity contribution in [3.05, 3.63) is 105 Å². The number of hydrazine groups is 1. The molecule has 4 atom stereocenters. The van der Waals surface area contributed by atoms with Crippen LogP contribution in [0, 0.1) is 28.9 Å². The number of benzene rings is 3. The molecule has 2 aliphatic rings. The van der Waals surface area contributed by atoms with Gasteiger partial charge in [-0.3, -0.25) is 29.3 Å². The van der Waals surface area contributed by atoms with Crippen LogP contribution in [0.4, 0.5) is 5.69 Å². The van der Waals surface area contributed by atoms with E-state index < -0.39 is 52.8 Å². The largest absolute Gasteiger partial charge is 0.423 e. The van der Waals surface area contributed by atoms with Crippen LogP contribution in [0.25, 0.3) is 0 Å². The number of carbonyl (C=O) groups is 5. The second-order valence-electron chi connectivity index (χ2n) is 10.6. The van der Waals surface area contributed by atoms with E-state index in [1.165, 1.54) is 36.4 Å². The molecule has 44 heavy (non-hydrogen) atoms. The summed E-state index contributed by atoms with van der Waals surface area (Å²) in [4.78, 5) is 77.1. The molecule has 1 aliphatic heterocycles. The number of imide groups is 1. The maximum Gasteiger partial charge on any atom is 0.343 e. The highest BCUT2D eigenvalue weighted by Gasteiger charge is 2.54. The Hall–Kier alpha value is -4.23. The average Bonchev–Trinajstić information content (AvgIpc) is 3.24. The lowest BCUT2D eigenvalue weighted by atomic mass is 9.81. The minimum atomic E-state index is -0.844. The van der Waals surface area contributed by atoms with Crippen LogP contribution in [0.1, 0.15) is 49.5 Å². The third-order valence-electron chi connectivity index (χ3n) is 7.66. The Kier molecular flexibility index (Phi) is 9.07. The highest BCUT2D eigenvalue weighted by molar-refractivity contribution is 9.12. The summed E-state index contributed by atoms with van der Waals surface area (Å²) in [5, 5.41) is 12.7. The van der Waals surface area contributed by atoms with Crippen molar-refractivity contribution < 1.29 is 33.6 Å². The van der Waals surface area contributed by atoms with Crippen molar-refractivity contribution in [2.75, 3.05) is 6.54 Å². The molecule has 0 spiro atoms. The summed E-state index contributed by atoms with van der Waals surface area (Å²) in [6, 6.07) is 17.2. The molecule has 3 amide bonds. The first-order valence-corrected chi connectivity index (χ1v) is 15.4. The maximum absolute atomic E-state index is 13.7. The minimum Gasteiger partial charge on any atom is -0.423 e. The van der Waals surface area contributed by atoms with Gasteiger partial charge in [-0.1, -0.05) is 49.6 Å². The van der Waals surface area contributed by atoms with Crippen molar-refractivity contribution in [2.45, 2.75) is 29.4 Å². The molecule has 3 aromatic carbocycles. The fourth-order valence-electron chi connectivity index (χ4n) is 5.22. The Labute approximate surface area is 268 Å². The van der Waals surface area contributed by atoms with Crippen LogP contribution in [-0.2, 0) is 9.59 Å². The van der Waals surface area contributed by atoms with E-state index in [-0.39, 0.29) is 32.2 Å². The Morgan fingerprint density at radius 3 is 1.86 bits per heavy atom. The number of nitro groups is 1. The number of fused-ring (bicyclic) bond motifs is 1. The third-order valence-corrected chi connectivity index (χ3v) is 10.4. The molecule has 0 aromatic heterocycles. The summed E-state index contributed by atoms with van der Waals surface area (Å²) in [6.45, 7) is 1.23. The predicted octanol–water partition coefficient (Wildman–Crippen LogP) is 5.28.